The lowest BCUT2D eigenvalue weighted by atomic mass is 10.1. The van der Waals surface area contributed by atoms with Crippen LogP contribution in [0.15, 0.2) is 71.6 Å². The topological polar surface area (TPSA) is 86.8 Å². The number of nitrogens with zero attached hydrogens (tertiary/aromatic N) is 2. The maximum absolute atomic E-state index is 13.8. The van der Waals surface area contributed by atoms with Gasteiger partial charge in [-0.1, -0.05) is 58.6 Å². The van der Waals surface area contributed by atoms with Crippen LogP contribution in [0.1, 0.15) is 25.0 Å². The molecule has 0 spiro atoms. The zero-order valence-electron chi connectivity index (χ0n) is 21.1. The van der Waals surface area contributed by atoms with Crippen molar-refractivity contribution in [3.63, 3.8) is 0 Å². The maximum Gasteiger partial charge on any atom is 0.264 e. The van der Waals surface area contributed by atoms with E-state index in [4.69, 9.17) is 34.8 Å². The molecule has 0 unspecified atom stereocenters. The number of nitrogens with one attached hydrogen (secondary N) is 1. The van der Waals surface area contributed by atoms with Crippen molar-refractivity contribution in [1.29, 1.82) is 0 Å². The third kappa shape index (κ3) is 7.20. The molecule has 7 nitrogen and oxygen atoms in total. The predicted molar refractivity (Wildman–Crippen MR) is 152 cm³/mol. The van der Waals surface area contributed by atoms with E-state index in [9.17, 15) is 18.0 Å². The van der Waals surface area contributed by atoms with E-state index in [0.29, 0.717) is 32.9 Å². The second-order valence-electron chi connectivity index (χ2n) is 8.63. The summed E-state index contributed by atoms with van der Waals surface area (Å²) >= 11 is 18.4. The second-order valence-corrected chi connectivity index (χ2v) is 11.8. The second kappa shape index (κ2) is 12.8. The van der Waals surface area contributed by atoms with Gasteiger partial charge in [-0.25, -0.2) is 8.42 Å². The first-order chi connectivity index (χ1) is 17.9. The minimum absolute atomic E-state index is 0.0284. The van der Waals surface area contributed by atoms with Crippen LogP contribution in [0.3, 0.4) is 0 Å². The van der Waals surface area contributed by atoms with Gasteiger partial charge in [0, 0.05) is 28.2 Å². The number of benzene rings is 3. The number of amides is 2. The Balaban J connectivity index is 2.04. The zero-order valence-corrected chi connectivity index (χ0v) is 24.2. The molecule has 0 radical (unpaired) electrons. The quantitative estimate of drug-likeness (QED) is 0.325. The van der Waals surface area contributed by atoms with Gasteiger partial charge in [-0.3, -0.25) is 13.9 Å². The van der Waals surface area contributed by atoms with Crippen molar-refractivity contribution in [2.24, 2.45) is 0 Å². The smallest absolute Gasteiger partial charge is 0.264 e. The number of aryl methyl sites for hydroxylation is 1. The van der Waals surface area contributed by atoms with Gasteiger partial charge in [0.1, 0.15) is 12.6 Å². The highest BCUT2D eigenvalue weighted by Gasteiger charge is 2.32. The van der Waals surface area contributed by atoms with Crippen LogP contribution >= 0.6 is 34.8 Å². The van der Waals surface area contributed by atoms with Gasteiger partial charge in [-0.2, -0.15) is 0 Å². The molecular formula is C27H28Cl3N3O4S. The van der Waals surface area contributed by atoms with E-state index in [1.54, 1.807) is 56.3 Å². The summed E-state index contributed by atoms with van der Waals surface area (Å²) in [5.41, 5.74) is 1.78. The molecule has 0 heterocycles. The summed E-state index contributed by atoms with van der Waals surface area (Å²) < 4.78 is 28.5. The molecule has 38 heavy (non-hydrogen) atoms. The SMILES string of the molecule is CCNC(=O)[C@H](C)N(Cc1ccc(Cl)cc1Cl)C(=O)CN(c1ccc(C)cc1)S(=O)(=O)c1ccc(Cl)cc1. The summed E-state index contributed by atoms with van der Waals surface area (Å²) in [6.45, 7) is 5.01. The normalized spacial score (nSPS) is 12.1. The molecule has 0 fully saturated rings. The van der Waals surface area contributed by atoms with Gasteiger partial charge in [-0.15, -0.1) is 0 Å². The molecule has 0 bridgehead atoms. The Labute approximate surface area is 238 Å². The molecule has 0 aromatic heterocycles. The minimum Gasteiger partial charge on any atom is -0.355 e. The number of carbonyl (C=O) groups is 2. The van der Waals surface area contributed by atoms with Crippen molar-refractivity contribution in [1.82, 2.24) is 10.2 Å². The lowest BCUT2D eigenvalue weighted by Crippen LogP contribution is -2.51. The summed E-state index contributed by atoms with van der Waals surface area (Å²) in [6, 6.07) is 16.4. The minimum atomic E-state index is -4.17. The Morgan fingerprint density at radius 2 is 1.53 bits per heavy atom. The maximum atomic E-state index is 13.8. The number of anilines is 1. The number of carbonyl (C=O) groups excluding carboxylic acids is 2. The van der Waals surface area contributed by atoms with Gasteiger partial charge in [0.2, 0.25) is 11.8 Å². The number of hydrogen-bond donors (Lipinski definition) is 1. The number of sulfonamides is 1. The van der Waals surface area contributed by atoms with Crippen LogP contribution in [0.25, 0.3) is 0 Å². The van der Waals surface area contributed by atoms with Crippen molar-refractivity contribution in [3.05, 3.63) is 92.9 Å². The lowest BCUT2D eigenvalue weighted by Gasteiger charge is -2.32. The number of rotatable bonds is 10. The summed E-state index contributed by atoms with van der Waals surface area (Å²) in [5.74, 6) is -0.971. The molecule has 2 amide bonds. The summed E-state index contributed by atoms with van der Waals surface area (Å²) in [4.78, 5) is 27.8. The van der Waals surface area contributed by atoms with Gasteiger partial charge >= 0.3 is 0 Å². The fraction of sp³-hybridized carbons (Fsp3) is 0.259. The molecule has 1 atom stereocenters. The highest BCUT2D eigenvalue weighted by Crippen LogP contribution is 2.27. The van der Waals surface area contributed by atoms with Crippen molar-refractivity contribution >= 4 is 62.3 Å². The first kappa shape index (κ1) is 29.8. The van der Waals surface area contributed by atoms with Crippen molar-refractivity contribution in [2.45, 2.75) is 38.3 Å². The highest BCUT2D eigenvalue weighted by molar-refractivity contribution is 7.92. The third-order valence-corrected chi connectivity index (χ3v) is 8.50. The summed E-state index contributed by atoms with van der Waals surface area (Å²) in [7, 11) is -4.17. The fourth-order valence-electron chi connectivity index (χ4n) is 3.71. The molecule has 0 saturated carbocycles. The molecule has 202 valence electrons. The highest BCUT2D eigenvalue weighted by atomic mass is 35.5. The van der Waals surface area contributed by atoms with Crippen LogP contribution in [0.4, 0.5) is 5.69 Å². The molecule has 1 N–H and O–H groups in total. The van der Waals surface area contributed by atoms with Crippen LogP contribution in [0, 0.1) is 6.92 Å². The molecule has 0 aliphatic heterocycles. The Bertz CT molecular complexity index is 1400. The van der Waals surface area contributed by atoms with E-state index in [2.05, 4.69) is 5.32 Å². The monoisotopic (exact) mass is 595 g/mol. The van der Waals surface area contributed by atoms with E-state index in [-0.39, 0.29) is 17.3 Å². The zero-order chi connectivity index (χ0) is 28.0. The van der Waals surface area contributed by atoms with Crippen molar-refractivity contribution in [3.8, 4) is 0 Å². The largest absolute Gasteiger partial charge is 0.355 e. The summed E-state index contributed by atoms with van der Waals surface area (Å²) in [6.07, 6.45) is 0. The van der Waals surface area contributed by atoms with E-state index in [1.807, 2.05) is 6.92 Å². The molecule has 11 heteroatoms. The molecule has 0 saturated heterocycles. The van der Waals surface area contributed by atoms with Gasteiger partial charge in [-0.05, 0) is 74.9 Å². The standard InChI is InChI=1S/C27H28Cl3N3O4S/c1-4-31-27(35)19(3)32(16-20-7-8-22(29)15-25(20)30)26(34)17-33(23-11-5-18(2)6-12-23)38(36,37)24-13-9-21(28)10-14-24/h5-15,19H,4,16-17H2,1-3H3,(H,31,35)/t19-/m0/s1. The van der Waals surface area contributed by atoms with Crippen LogP contribution < -0.4 is 9.62 Å². The number of likely N-dealkylation sites (N-methyl/N-ethyl adjacent to an activating group) is 1. The average Bonchev–Trinajstić information content (AvgIpc) is 2.87. The average molecular weight is 597 g/mol. The Morgan fingerprint density at radius 1 is 0.921 bits per heavy atom. The third-order valence-electron chi connectivity index (χ3n) is 5.88. The van der Waals surface area contributed by atoms with Crippen LogP contribution in [-0.2, 0) is 26.2 Å². The van der Waals surface area contributed by atoms with E-state index >= 15 is 0 Å². The first-order valence-corrected chi connectivity index (χ1v) is 14.4. The van der Waals surface area contributed by atoms with Crippen LogP contribution in [0.5, 0.6) is 0 Å². The van der Waals surface area contributed by atoms with E-state index in [1.165, 1.54) is 29.2 Å². The van der Waals surface area contributed by atoms with Gasteiger partial charge in [0.15, 0.2) is 0 Å². The summed E-state index contributed by atoms with van der Waals surface area (Å²) in [5, 5.41) is 3.84. The Kier molecular flexibility index (Phi) is 10.1. The molecular weight excluding hydrogens is 569 g/mol. The first-order valence-electron chi connectivity index (χ1n) is 11.8. The van der Waals surface area contributed by atoms with E-state index in [0.717, 1.165) is 9.87 Å². The molecule has 3 rings (SSSR count). The van der Waals surface area contributed by atoms with Crippen LogP contribution in [0.2, 0.25) is 15.1 Å². The van der Waals surface area contributed by atoms with Gasteiger partial charge < -0.3 is 10.2 Å². The predicted octanol–water partition coefficient (Wildman–Crippen LogP) is 5.70. The van der Waals surface area contributed by atoms with E-state index < -0.39 is 28.5 Å². The molecule has 3 aromatic carbocycles. The Morgan fingerprint density at radius 3 is 2.11 bits per heavy atom. The van der Waals surface area contributed by atoms with Crippen molar-refractivity contribution < 1.29 is 18.0 Å². The molecule has 3 aromatic rings. The van der Waals surface area contributed by atoms with Crippen LogP contribution in [-0.4, -0.2) is 44.3 Å². The number of halogens is 3. The Hall–Kier alpha value is -2.78. The number of hydrogen-bond acceptors (Lipinski definition) is 4. The van der Waals surface area contributed by atoms with Gasteiger partial charge in [0.05, 0.1) is 10.6 Å². The van der Waals surface area contributed by atoms with Gasteiger partial charge in [0.25, 0.3) is 10.0 Å². The molecule has 0 aliphatic rings. The molecule has 0 aliphatic carbocycles. The van der Waals surface area contributed by atoms with Crippen molar-refractivity contribution in [2.75, 3.05) is 17.4 Å². The fourth-order valence-corrected chi connectivity index (χ4v) is 5.72. The lowest BCUT2D eigenvalue weighted by molar-refractivity contribution is -0.139.